The van der Waals surface area contributed by atoms with Gasteiger partial charge in [-0.3, -0.25) is 14.2 Å². The van der Waals surface area contributed by atoms with Crippen LogP contribution in [0.15, 0.2) is 30.6 Å². The maximum absolute atomic E-state index is 12.3. The number of carbonyl (C=O) groups is 1. The largest absolute Gasteiger partial charge is 0.381 e. The molecule has 196 valence electrons. The predicted octanol–water partition coefficient (Wildman–Crippen LogP) is 4.34. The molecular formula is C29H38N6O2. The topological polar surface area (TPSA) is 68.4 Å². The Morgan fingerprint density at radius 1 is 1.22 bits per heavy atom. The molecule has 8 nitrogen and oxygen atoms in total. The molecule has 3 aliphatic heterocycles. The molecule has 8 heteroatoms. The first kappa shape index (κ1) is 24.2. The van der Waals surface area contributed by atoms with Gasteiger partial charge in [-0.2, -0.15) is 10.2 Å². The van der Waals surface area contributed by atoms with E-state index in [1.807, 2.05) is 22.8 Å². The molecular weight excluding hydrogens is 464 g/mol. The van der Waals surface area contributed by atoms with E-state index in [1.54, 1.807) is 6.92 Å². The zero-order valence-corrected chi connectivity index (χ0v) is 22.3. The fourth-order valence-corrected chi connectivity index (χ4v) is 6.23. The maximum Gasteiger partial charge on any atom is 0.219 e. The number of ether oxygens (including phenoxy) is 1. The summed E-state index contributed by atoms with van der Waals surface area (Å²) < 4.78 is 9.72. The Morgan fingerprint density at radius 2 is 2.11 bits per heavy atom. The molecule has 37 heavy (non-hydrogen) atoms. The van der Waals surface area contributed by atoms with Gasteiger partial charge in [0.15, 0.2) is 5.82 Å². The van der Waals surface area contributed by atoms with Crippen molar-refractivity contribution in [2.45, 2.75) is 59.0 Å². The lowest BCUT2D eigenvalue weighted by molar-refractivity contribution is -0.129. The Bertz CT molecular complexity index is 1290. The van der Waals surface area contributed by atoms with E-state index in [0.717, 1.165) is 76.3 Å². The summed E-state index contributed by atoms with van der Waals surface area (Å²) in [6.45, 7) is 8.98. The van der Waals surface area contributed by atoms with E-state index >= 15 is 0 Å². The van der Waals surface area contributed by atoms with Crippen LogP contribution in [0.3, 0.4) is 0 Å². The molecule has 2 atom stereocenters. The van der Waals surface area contributed by atoms with Gasteiger partial charge in [0, 0.05) is 81.9 Å². The first-order chi connectivity index (χ1) is 18.0. The van der Waals surface area contributed by atoms with Crippen LogP contribution in [0.4, 0.5) is 11.5 Å². The highest BCUT2D eigenvalue weighted by Crippen LogP contribution is 2.41. The molecule has 1 saturated heterocycles. The van der Waals surface area contributed by atoms with Crippen molar-refractivity contribution in [3.05, 3.63) is 47.4 Å². The van der Waals surface area contributed by atoms with Gasteiger partial charge in [0.25, 0.3) is 0 Å². The second-order valence-electron chi connectivity index (χ2n) is 11.0. The molecule has 1 amide bonds. The summed E-state index contributed by atoms with van der Waals surface area (Å²) in [5, 5.41) is 9.64. The number of hydrogen-bond donors (Lipinski definition) is 0. The molecule has 0 N–H and O–H groups in total. The third-order valence-electron chi connectivity index (χ3n) is 8.52. The van der Waals surface area contributed by atoms with E-state index < -0.39 is 0 Å². The zero-order valence-electron chi connectivity index (χ0n) is 22.3. The molecule has 0 bridgehead atoms. The molecule has 6 rings (SSSR count). The summed E-state index contributed by atoms with van der Waals surface area (Å²) >= 11 is 0. The number of nitrogens with zero attached hydrogens (tertiary/aromatic N) is 6. The number of benzene rings is 1. The van der Waals surface area contributed by atoms with Crippen molar-refractivity contribution in [3.63, 3.8) is 0 Å². The van der Waals surface area contributed by atoms with Crippen molar-refractivity contribution in [1.82, 2.24) is 24.5 Å². The van der Waals surface area contributed by atoms with Crippen LogP contribution in [0, 0.1) is 11.8 Å². The Balaban J connectivity index is 1.38. The lowest BCUT2D eigenvalue weighted by Gasteiger charge is -2.36. The van der Waals surface area contributed by atoms with Crippen molar-refractivity contribution in [2.75, 3.05) is 31.2 Å². The summed E-state index contributed by atoms with van der Waals surface area (Å²) in [5.74, 6) is 2.35. The van der Waals surface area contributed by atoms with Crippen molar-refractivity contribution < 1.29 is 9.53 Å². The minimum Gasteiger partial charge on any atom is -0.381 e. The van der Waals surface area contributed by atoms with Gasteiger partial charge in [-0.15, -0.1) is 0 Å². The van der Waals surface area contributed by atoms with Crippen LogP contribution in [0.5, 0.6) is 0 Å². The van der Waals surface area contributed by atoms with Gasteiger partial charge in [-0.05, 0) is 54.4 Å². The smallest absolute Gasteiger partial charge is 0.219 e. The van der Waals surface area contributed by atoms with Gasteiger partial charge < -0.3 is 14.5 Å². The average molecular weight is 503 g/mol. The summed E-state index contributed by atoms with van der Waals surface area (Å²) in [7, 11) is 1.96. The average Bonchev–Trinajstić information content (AvgIpc) is 3.66. The molecule has 3 aromatic rings. The zero-order chi connectivity index (χ0) is 25.5. The molecule has 0 aliphatic carbocycles. The van der Waals surface area contributed by atoms with Gasteiger partial charge in [0.05, 0.1) is 12.7 Å². The fourth-order valence-electron chi connectivity index (χ4n) is 6.23. The number of hydrogen-bond acceptors (Lipinski definition) is 5. The molecule has 0 spiro atoms. The Hall–Kier alpha value is -3.13. The SMILES string of the molecule is CCC1Cc2cc(-c3cnn(C)c3)ccc2N(c2nn(CC[C@H]3CCOC3)c3c2CN(C(C)=O)CC3)C1. The Morgan fingerprint density at radius 3 is 2.84 bits per heavy atom. The predicted molar refractivity (Wildman–Crippen MR) is 144 cm³/mol. The lowest BCUT2D eigenvalue weighted by atomic mass is 9.88. The highest BCUT2D eigenvalue weighted by molar-refractivity contribution is 5.76. The first-order valence-corrected chi connectivity index (χ1v) is 13.8. The van der Waals surface area contributed by atoms with Crippen LogP contribution >= 0.6 is 0 Å². The summed E-state index contributed by atoms with van der Waals surface area (Å²) in [6, 6.07) is 6.81. The Labute approximate surface area is 219 Å². The molecule has 0 radical (unpaired) electrons. The highest BCUT2D eigenvalue weighted by Gasteiger charge is 2.33. The van der Waals surface area contributed by atoms with Crippen LogP contribution in [0.2, 0.25) is 0 Å². The van der Waals surface area contributed by atoms with Crippen LogP contribution in [-0.2, 0) is 42.5 Å². The number of carbonyl (C=O) groups excluding carboxylic acids is 1. The van der Waals surface area contributed by atoms with E-state index in [9.17, 15) is 4.79 Å². The monoisotopic (exact) mass is 502 g/mol. The standard InChI is InChI=1S/C29H38N6O2/c1-4-21-13-24-14-23(25-15-30-32(3)17-25)5-6-27(24)34(16-21)29-26-18-33(20(2)36)10-8-28(26)35(31-29)11-7-22-9-12-37-19-22/h5-6,14-15,17,21-22H,4,7-13,16,18-19H2,1-3H3/t21?,22-/m0/s1. The number of aryl methyl sites for hydroxylation is 2. The summed E-state index contributed by atoms with van der Waals surface area (Å²) in [6.07, 6.45) is 9.30. The third-order valence-corrected chi connectivity index (χ3v) is 8.52. The van der Waals surface area contributed by atoms with Crippen molar-refractivity contribution in [3.8, 4) is 11.1 Å². The number of fused-ring (bicyclic) bond motifs is 2. The van der Waals surface area contributed by atoms with Gasteiger partial charge in [-0.25, -0.2) is 0 Å². The van der Waals surface area contributed by atoms with Crippen molar-refractivity contribution >= 4 is 17.4 Å². The van der Waals surface area contributed by atoms with E-state index in [1.165, 1.54) is 28.1 Å². The van der Waals surface area contributed by atoms with Gasteiger partial charge in [0.1, 0.15) is 0 Å². The molecule has 0 saturated carbocycles. The second-order valence-corrected chi connectivity index (χ2v) is 11.0. The van der Waals surface area contributed by atoms with Gasteiger partial charge in [0.2, 0.25) is 5.91 Å². The van der Waals surface area contributed by atoms with E-state index in [2.05, 4.69) is 46.0 Å². The van der Waals surface area contributed by atoms with Crippen molar-refractivity contribution in [1.29, 1.82) is 0 Å². The highest BCUT2D eigenvalue weighted by atomic mass is 16.5. The molecule has 5 heterocycles. The van der Waals surface area contributed by atoms with E-state index in [-0.39, 0.29) is 5.91 Å². The van der Waals surface area contributed by atoms with Crippen LogP contribution < -0.4 is 4.90 Å². The minimum atomic E-state index is 0.138. The van der Waals surface area contributed by atoms with E-state index in [4.69, 9.17) is 9.84 Å². The second kappa shape index (κ2) is 9.97. The van der Waals surface area contributed by atoms with Gasteiger partial charge in [-0.1, -0.05) is 19.4 Å². The van der Waals surface area contributed by atoms with Crippen LogP contribution in [0.25, 0.3) is 11.1 Å². The molecule has 1 aromatic carbocycles. The van der Waals surface area contributed by atoms with E-state index in [0.29, 0.717) is 18.4 Å². The number of rotatable bonds is 6. The number of amides is 1. The first-order valence-electron chi connectivity index (χ1n) is 13.8. The normalized spacial score (nSPS) is 21.3. The van der Waals surface area contributed by atoms with Crippen LogP contribution in [0.1, 0.15) is 49.9 Å². The minimum absolute atomic E-state index is 0.138. The summed E-state index contributed by atoms with van der Waals surface area (Å²) in [5.41, 5.74) is 7.49. The molecule has 1 fully saturated rings. The quantitative estimate of drug-likeness (QED) is 0.502. The van der Waals surface area contributed by atoms with Crippen LogP contribution in [-0.4, -0.2) is 56.7 Å². The van der Waals surface area contributed by atoms with Gasteiger partial charge >= 0.3 is 0 Å². The number of anilines is 2. The maximum atomic E-state index is 12.3. The molecule has 3 aliphatic rings. The fraction of sp³-hybridized carbons (Fsp3) is 0.552. The molecule has 1 unspecified atom stereocenters. The third kappa shape index (κ3) is 4.67. The molecule has 2 aromatic heterocycles. The summed E-state index contributed by atoms with van der Waals surface area (Å²) in [4.78, 5) is 16.7. The lowest BCUT2D eigenvalue weighted by Crippen LogP contribution is -2.36. The Kier molecular flexibility index (Phi) is 6.53. The number of aromatic nitrogens is 4. The van der Waals surface area contributed by atoms with Crippen molar-refractivity contribution in [2.24, 2.45) is 18.9 Å².